The number of nitrogens with zero attached hydrogens (tertiary/aromatic N) is 1. The van der Waals surface area contributed by atoms with Gasteiger partial charge in [-0.15, -0.1) is 0 Å². The van der Waals surface area contributed by atoms with Gasteiger partial charge in [-0.05, 0) is 43.0 Å². The van der Waals surface area contributed by atoms with Gasteiger partial charge in [0, 0.05) is 30.8 Å². The molecule has 2 rings (SSSR count). The van der Waals surface area contributed by atoms with Gasteiger partial charge in [0.2, 0.25) is 5.91 Å². The van der Waals surface area contributed by atoms with Crippen LogP contribution in [-0.4, -0.2) is 40.3 Å². The van der Waals surface area contributed by atoms with Crippen molar-refractivity contribution in [1.29, 1.82) is 0 Å². The number of carboxylic acids is 1. The van der Waals surface area contributed by atoms with Crippen molar-refractivity contribution in [1.82, 2.24) is 4.90 Å². The average Bonchev–Trinajstić information content (AvgIpc) is 2.96. The second kappa shape index (κ2) is 10.9. The number of allylic oxidation sites excluding steroid dienone is 1. The molecular weight excluding hydrogens is 366 g/mol. The fraction of sp³-hybridized carbons (Fsp3) is 0.476. The van der Waals surface area contributed by atoms with Gasteiger partial charge in [0.05, 0.1) is 6.04 Å². The number of aliphatic carboxylic acids is 1. The van der Waals surface area contributed by atoms with Crippen molar-refractivity contribution in [3.8, 4) is 0 Å². The van der Waals surface area contributed by atoms with Crippen molar-refractivity contribution in [2.45, 2.75) is 57.4 Å². The highest BCUT2D eigenvalue weighted by Gasteiger charge is 2.28. The largest absolute Gasteiger partial charge is 0.481 e. The highest BCUT2D eigenvalue weighted by molar-refractivity contribution is 6.30. The molecule has 1 aromatic carbocycles. The van der Waals surface area contributed by atoms with Crippen molar-refractivity contribution in [2.75, 3.05) is 6.54 Å². The van der Waals surface area contributed by atoms with Crippen LogP contribution < -0.4 is 0 Å². The molecule has 0 unspecified atom stereocenters. The van der Waals surface area contributed by atoms with Crippen LogP contribution in [0.15, 0.2) is 36.4 Å². The molecule has 1 fully saturated rings. The third-order valence-corrected chi connectivity index (χ3v) is 4.92. The molecule has 5 nitrogen and oxygen atoms in total. The second-order valence-corrected chi connectivity index (χ2v) is 7.32. The fourth-order valence-corrected chi connectivity index (χ4v) is 3.50. The molecule has 1 aliphatic heterocycles. The number of amides is 1. The molecule has 27 heavy (non-hydrogen) atoms. The maximum atomic E-state index is 12.2. The SMILES string of the molecule is O=C(O)CCCCCCN1C(=O)CC[C@H]1C=CC(=O)Cc1cccc(Cl)c1. The van der Waals surface area contributed by atoms with Gasteiger partial charge in [0.15, 0.2) is 5.78 Å². The van der Waals surface area contributed by atoms with Gasteiger partial charge in [-0.3, -0.25) is 14.4 Å². The van der Waals surface area contributed by atoms with Gasteiger partial charge >= 0.3 is 5.97 Å². The van der Waals surface area contributed by atoms with Crippen molar-refractivity contribution >= 4 is 29.3 Å². The molecule has 0 aliphatic carbocycles. The number of unbranched alkanes of at least 4 members (excludes halogenated alkanes) is 3. The summed E-state index contributed by atoms with van der Waals surface area (Å²) in [5.41, 5.74) is 0.873. The summed E-state index contributed by atoms with van der Waals surface area (Å²) < 4.78 is 0. The van der Waals surface area contributed by atoms with Crippen LogP contribution >= 0.6 is 11.6 Å². The summed E-state index contributed by atoms with van der Waals surface area (Å²) in [5, 5.41) is 9.24. The lowest BCUT2D eigenvalue weighted by atomic mass is 10.1. The van der Waals surface area contributed by atoms with E-state index in [4.69, 9.17) is 16.7 Å². The molecule has 6 heteroatoms. The first-order valence-corrected chi connectivity index (χ1v) is 9.80. The van der Waals surface area contributed by atoms with Crippen LogP contribution in [0.2, 0.25) is 5.02 Å². The Hall–Kier alpha value is -2.14. The van der Waals surface area contributed by atoms with Crippen LogP contribution in [0.4, 0.5) is 0 Å². The molecule has 0 bridgehead atoms. The summed E-state index contributed by atoms with van der Waals surface area (Å²) in [6.07, 6.45) is 8.43. The maximum Gasteiger partial charge on any atom is 0.303 e. The lowest BCUT2D eigenvalue weighted by Crippen LogP contribution is -2.32. The Labute approximate surface area is 165 Å². The number of rotatable bonds is 11. The molecule has 1 aromatic rings. The lowest BCUT2D eigenvalue weighted by molar-refractivity contribution is -0.137. The minimum absolute atomic E-state index is 0.00904. The Bertz CT molecular complexity index is 701. The molecule has 1 aliphatic rings. The first kappa shape index (κ1) is 21.2. The van der Waals surface area contributed by atoms with E-state index in [0.29, 0.717) is 30.8 Å². The standard InChI is InChI=1S/C21H26ClNO4/c22-17-7-5-6-16(14-17)15-19(24)11-9-18-10-12-20(25)23(18)13-4-2-1-3-8-21(26)27/h5-7,9,11,14,18H,1-4,8,10,12-13,15H2,(H,26,27)/t18-/m1/s1. The fourth-order valence-electron chi connectivity index (χ4n) is 3.28. The molecule has 0 saturated carbocycles. The molecule has 0 radical (unpaired) electrons. The van der Waals surface area contributed by atoms with Gasteiger partial charge in [-0.1, -0.05) is 42.7 Å². The first-order chi connectivity index (χ1) is 13.0. The van der Waals surface area contributed by atoms with Crippen molar-refractivity contribution in [2.24, 2.45) is 0 Å². The van der Waals surface area contributed by atoms with E-state index in [2.05, 4.69) is 0 Å². The average molecular weight is 392 g/mol. The second-order valence-electron chi connectivity index (χ2n) is 6.88. The van der Waals surface area contributed by atoms with E-state index < -0.39 is 5.97 Å². The topological polar surface area (TPSA) is 74.7 Å². The van der Waals surface area contributed by atoms with Gasteiger partial charge in [-0.25, -0.2) is 0 Å². The van der Waals surface area contributed by atoms with Gasteiger partial charge in [-0.2, -0.15) is 0 Å². The first-order valence-electron chi connectivity index (χ1n) is 9.42. The number of carbonyl (C=O) groups is 3. The summed E-state index contributed by atoms with van der Waals surface area (Å²) >= 11 is 5.94. The summed E-state index contributed by atoms with van der Waals surface area (Å²) in [6, 6.07) is 7.22. The van der Waals surface area contributed by atoms with Crippen molar-refractivity contribution in [3.63, 3.8) is 0 Å². The van der Waals surface area contributed by atoms with Crippen molar-refractivity contribution in [3.05, 3.63) is 47.0 Å². The molecular formula is C21H26ClNO4. The van der Waals surface area contributed by atoms with Crippen LogP contribution in [0.3, 0.4) is 0 Å². The van der Waals surface area contributed by atoms with Gasteiger partial charge in [0.1, 0.15) is 0 Å². The van der Waals surface area contributed by atoms with Crippen LogP contribution in [-0.2, 0) is 20.8 Å². The van der Waals surface area contributed by atoms with Crippen LogP contribution in [0.1, 0.15) is 50.5 Å². The predicted molar refractivity (Wildman–Crippen MR) is 105 cm³/mol. The number of carbonyl (C=O) groups excluding carboxylic acids is 2. The summed E-state index contributed by atoms with van der Waals surface area (Å²) in [4.78, 5) is 36.6. The van der Waals surface area contributed by atoms with E-state index in [-0.39, 0.29) is 24.2 Å². The van der Waals surface area contributed by atoms with E-state index >= 15 is 0 Å². The van der Waals surface area contributed by atoms with Gasteiger partial charge < -0.3 is 10.0 Å². The van der Waals surface area contributed by atoms with E-state index in [1.54, 1.807) is 18.2 Å². The third kappa shape index (κ3) is 7.55. The number of benzene rings is 1. The number of hydrogen-bond acceptors (Lipinski definition) is 3. The van der Waals surface area contributed by atoms with E-state index in [1.807, 2.05) is 23.1 Å². The molecule has 1 N–H and O–H groups in total. The zero-order valence-corrected chi connectivity index (χ0v) is 16.2. The normalized spacial score (nSPS) is 17.0. The molecule has 1 saturated heterocycles. The molecule has 1 heterocycles. The van der Waals surface area contributed by atoms with E-state index in [9.17, 15) is 14.4 Å². The Kier molecular flexibility index (Phi) is 8.52. The molecule has 146 valence electrons. The van der Waals surface area contributed by atoms with Crippen molar-refractivity contribution < 1.29 is 19.5 Å². The number of hydrogen-bond donors (Lipinski definition) is 1. The van der Waals surface area contributed by atoms with E-state index in [1.165, 1.54) is 0 Å². The molecule has 1 atom stereocenters. The number of ketones is 1. The lowest BCUT2D eigenvalue weighted by Gasteiger charge is -2.22. The minimum Gasteiger partial charge on any atom is -0.481 e. The minimum atomic E-state index is -0.766. The summed E-state index contributed by atoms with van der Waals surface area (Å²) in [6.45, 7) is 0.656. The highest BCUT2D eigenvalue weighted by atomic mass is 35.5. The molecule has 0 spiro atoms. The number of carboxylic acid groups (broad SMARTS) is 1. The van der Waals surface area contributed by atoms with Crippen LogP contribution in [0, 0.1) is 0 Å². The summed E-state index contributed by atoms with van der Waals surface area (Å²) in [5.74, 6) is -0.653. The quantitative estimate of drug-likeness (QED) is 0.456. The molecule has 0 aromatic heterocycles. The van der Waals surface area contributed by atoms with Crippen LogP contribution in [0.5, 0.6) is 0 Å². The zero-order chi connectivity index (χ0) is 19.6. The number of likely N-dealkylation sites (tertiary alicyclic amines) is 1. The Morgan fingerprint density at radius 1 is 1.22 bits per heavy atom. The summed E-state index contributed by atoms with van der Waals surface area (Å²) in [7, 11) is 0. The third-order valence-electron chi connectivity index (χ3n) is 4.69. The monoisotopic (exact) mass is 391 g/mol. The zero-order valence-electron chi connectivity index (χ0n) is 15.4. The Morgan fingerprint density at radius 3 is 2.74 bits per heavy atom. The Balaban J connectivity index is 1.77. The maximum absolute atomic E-state index is 12.2. The number of halogens is 1. The van der Waals surface area contributed by atoms with E-state index in [0.717, 1.165) is 31.2 Å². The Morgan fingerprint density at radius 2 is 2.00 bits per heavy atom. The smallest absolute Gasteiger partial charge is 0.303 e. The molecule has 1 amide bonds. The highest BCUT2D eigenvalue weighted by Crippen LogP contribution is 2.21. The van der Waals surface area contributed by atoms with Crippen LogP contribution in [0.25, 0.3) is 0 Å². The predicted octanol–water partition coefficient (Wildman–Crippen LogP) is 4.03. The van der Waals surface area contributed by atoms with Gasteiger partial charge in [0.25, 0.3) is 0 Å².